The molecule has 1 N–H and O–H groups in total. The van der Waals surface area contributed by atoms with Crippen LogP contribution in [0, 0.1) is 0 Å². The fourth-order valence-electron chi connectivity index (χ4n) is 3.05. The predicted molar refractivity (Wildman–Crippen MR) is 84.2 cm³/mol. The van der Waals surface area contributed by atoms with Gasteiger partial charge in [0.1, 0.15) is 0 Å². The minimum Gasteiger partial charge on any atom is -0.493 e. The van der Waals surface area contributed by atoms with E-state index in [4.69, 9.17) is 9.47 Å². The molecule has 21 heavy (non-hydrogen) atoms. The summed E-state index contributed by atoms with van der Waals surface area (Å²) in [6, 6.07) is 3.64. The van der Waals surface area contributed by atoms with Gasteiger partial charge in [0.15, 0.2) is 11.5 Å². The summed E-state index contributed by atoms with van der Waals surface area (Å²) in [5.74, 6) is 0.336. The van der Waals surface area contributed by atoms with Crippen molar-refractivity contribution in [3.63, 3.8) is 0 Å². The number of rotatable bonds is 5. The number of benzene rings is 1. The van der Waals surface area contributed by atoms with Crippen molar-refractivity contribution in [3.05, 3.63) is 22.2 Å². The smallest absolute Gasteiger partial charge is 0.314 e. The molecule has 1 fully saturated rings. The number of aliphatic carboxylic acids is 1. The molecule has 0 bridgehead atoms. The second-order valence-electron chi connectivity index (χ2n) is 5.71. The van der Waals surface area contributed by atoms with Crippen molar-refractivity contribution in [2.75, 3.05) is 7.11 Å². The Hall–Kier alpha value is -1.23. The van der Waals surface area contributed by atoms with Gasteiger partial charge >= 0.3 is 5.97 Å². The lowest BCUT2D eigenvalue weighted by molar-refractivity contribution is -0.143. The van der Waals surface area contributed by atoms with Crippen LogP contribution in [-0.2, 0) is 10.2 Å². The molecular weight excluding hydrogens is 336 g/mol. The Morgan fingerprint density at radius 3 is 2.43 bits per heavy atom. The zero-order valence-corrected chi connectivity index (χ0v) is 14.2. The topological polar surface area (TPSA) is 55.8 Å². The number of ether oxygens (including phenoxy) is 2. The Morgan fingerprint density at radius 1 is 1.33 bits per heavy atom. The molecule has 4 nitrogen and oxygen atoms in total. The minimum atomic E-state index is -0.891. The number of hydrogen-bond acceptors (Lipinski definition) is 3. The molecule has 1 saturated carbocycles. The van der Waals surface area contributed by atoms with Gasteiger partial charge in [-0.1, -0.05) is 28.8 Å². The second-order valence-corrected chi connectivity index (χ2v) is 6.57. The quantitative estimate of drug-likeness (QED) is 0.861. The zero-order chi connectivity index (χ0) is 15.6. The van der Waals surface area contributed by atoms with Crippen molar-refractivity contribution in [3.8, 4) is 11.5 Å². The standard InChI is InChI=1S/C16H21BrO4/c1-10(2)21-14-12(20-3)7-6-11(17)13(14)16(15(18)19)8-4-5-9-16/h6-7,10H,4-5,8-9H2,1-3H3,(H,18,19). The van der Waals surface area contributed by atoms with Crippen molar-refractivity contribution in [2.45, 2.75) is 51.0 Å². The molecule has 0 unspecified atom stereocenters. The number of hydrogen-bond donors (Lipinski definition) is 1. The molecule has 0 aliphatic heterocycles. The van der Waals surface area contributed by atoms with Crippen LogP contribution >= 0.6 is 15.9 Å². The van der Waals surface area contributed by atoms with Gasteiger partial charge in [0.05, 0.1) is 18.6 Å². The molecule has 0 saturated heterocycles. The Kier molecular flexibility index (Phi) is 4.81. The van der Waals surface area contributed by atoms with Crippen molar-refractivity contribution >= 4 is 21.9 Å². The fraction of sp³-hybridized carbons (Fsp3) is 0.562. The Balaban J connectivity index is 2.67. The number of halogens is 1. The van der Waals surface area contributed by atoms with Crippen LogP contribution in [0.15, 0.2) is 16.6 Å². The lowest BCUT2D eigenvalue weighted by Crippen LogP contribution is -2.34. The third-order valence-corrected chi connectivity index (χ3v) is 4.65. The van der Waals surface area contributed by atoms with E-state index in [2.05, 4.69) is 15.9 Å². The molecule has 1 aromatic carbocycles. The average molecular weight is 357 g/mol. The summed E-state index contributed by atoms with van der Waals surface area (Å²) in [7, 11) is 1.57. The Bertz CT molecular complexity index is 533. The maximum atomic E-state index is 12.0. The Labute approximate surface area is 133 Å². The van der Waals surface area contributed by atoms with Gasteiger partial charge in [0.2, 0.25) is 0 Å². The third kappa shape index (κ3) is 2.89. The predicted octanol–water partition coefficient (Wildman–Crippen LogP) is 4.14. The van der Waals surface area contributed by atoms with Gasteiger partial charge in [0.25, 0.3) is 0 Å². The largest absolute Gasteiger partial charge is 0.493 e. The maximum absolute atomic E-state index is 12.0. The summed E-state index contributed by atoms with van der Waals surface area (Å²) in [5, 5.41) is 9.85. The van der Waals surface area contributed by atoms with Crippen LogP contribution in [0.3, 0.4) is 0 Å². The third-order valence-electron chi connectivity index (χ3n) is 3.99. The van der Waals surface area contributed by atoms with Gasteiger partial charge in [-0.15, -0.1) is 0 Å². The van der Waals surface area contributed by atoms with Crippen LogP contribution in [0.4, 0.5) is 0 Å². The summed E-state index contributed by atoms with van der Waals surface area (Å²) >= 11 is 3.52. The van der Waals surface area contributed by atoms with E-state index in [1.807, 2.05) is 19.9 Å². The molecule has 0 atom stereocenters. The second kappa shape index (κ2) is 6.26. The molecule has 2 rings (SSSR count). The van der Waals surface area contributed by atoms with Gasteiger partial charge in [-0.05, 0) is 38.8 Å². The van der Waals surface area contributed by atoms with Crippen LogP contribution in [0.1, 0.15) is 45.1 Å². The molecule has 116 valence electrons. The van der Waals surface area contributed by atoms with Crippen molar-refractivity contribution < 1.29 is 19.4 Å². The monoisotopic (exact) mass is 356 g/mol. The van der Waals surface area contributed by atoms with Crippen LogP contribution in [0.5, 0.6) is 11.5 Å². The Morgan fingerprint density at radius 2 is 1.95 bits per heavy atom. The van der Waals surface area contributed by atoms with E-state index in [1.54, 1.807) is 13.2 Å². The lowest BCUT2D eigenvalue weighted by Gasteiger charge is -2.29. The van der Waals surface area contributed by atoms with Crippen LogP contribution in [0.25, 0.3) is 0 Å². The van der Waals surface area contributed by atoms with Crippen LogP contribution < -0.4 is 9.47 Å². The lowest BCUT2D eigenvalue weighted by atomic mass is 9.78. The molecule has 0 radical (unpaired) electrons. The van der Waals surface area contributed by atoms with Gasteiger partial charge in [-0.3, -0.25) is 4.79 Å². The number of carboxylic acid groups (broad SMARTS) is 1. The first-order valence-corrected chi connectivity index (χ1v) is 7.98. The molecule has 0 spiro atoms. The number of carboxylic acids is 1. The number of methoxy groups -OCH3 is 1. The molecule has 0 aromatic heterocycles. The summed E-state index contributed by atoms with van der Waals surface area (Å²) in [6.07, 6.45) is 3.03. The van der Waals surface area contributed by atoms with Crippen LogP contribution in [-0.4, -0.2) is 24.3 Å². The van der Waals surface area contributed by atoms with E-state index in [-0.39, 0.29) is 6.10 Å². The van der Waals surface area contributed by atoms with E-state index in [0.717, 1.165) is 17.3 Å². The molecular formula is C16H21BrO4. The SMILES string of the molecule is COc1ccc(Br)c(C2(C(=O)O)CCCC2)c1OC(C)C. The first-order valence-electron chi connectivity index (χ1n) is 7.19. The normalized spacial score (nSPS) is 17.0. The van der Waals surface area contributed by atoms with Gasteiger partial charge in [-0.25, -0.2) is 0 Å². The highest BCUT2D eigenvalue weighted by Crippen LogP contribution is 2.51. The average Bonchev–Trinajstić information content (AvgIpc) is 2.89. The highest BCUT2D eigenvalue weighted by molar-refractivity contribution is 9.10. The highest BCUT2D eigenvalue weighted by Gasteiger charge is 2.47. The summed E-state index contributed by atoms with van der Waals surface area (Å²) < 4.78 is 12.1. The molecule has 1 aliphatic carbocycles. The van der Waals surface area contributed by atoms with Gasteiger partial charge in [-0.2, -0.15) is 0 Å². The van der Waals surface area contributed by atoms with Crippen LogP contribution in [0.2, 0.25) is 0 Å². The molecule has 0 heterocycles. The van der Waals surface area contributed by atoms with Crippen molar-refractivity contribution in [1.29, 1.82) is 0 Å². The summed E-state index contributed by atoms with van der Waals surface area (Å²) in [4.78, 5) is 12.0. The van der Waals surface area contributed by atoms with E-state index >= 15 is 0 Å². The van der Waals surface area contributed by atoms with E-state index in [0.29, 0.717) is 29.9 Å². The molecule has 0 amide bonds. The molecule has 5 heteroatoms. The fourth-order valence-corrected chi connectivity index (χ4v) is 3.74. The summed E-state index contributed by atoms with van der Waals surface area (Å²) in [6.45, 7) is 3.85. The number of carbonyl (C=O) groups is 1. The first kappa shape index (κ1) is 16.1. The van der Waals surface area contributed by atoms with E-state index in [1.165, 1.54) is 0 Å². The van der Waals surface area contributed by atoms with E-state index in [9.17, 15) is 9.90 Å². The van der Waals surface area contributed by atoms with Crippen molar-refractivity contribution in [2.24, 2.45) is 0 Å². The molecule has 1 aliphatic rings. The molecule has 1 aromatic rings. The maximum Gasteiger partial charge on any atom is 0.314 e. The highest BCUT2D eigenvalue weighted by atomic mass is 79.9. The van der Waals surface area contributed by atoms with Crippen molar-refractivity contribution in [1.82, 2.24) is 0 Å². The van der Waals surface area contributed by atoms with Gasteiger partial charge in [0, 0.05) is 10.0 Å². The minimum absolute atomic E-state index is 0.0563. The van der Waals surface area contributed by atoms with Gasteiger partial charge < -0.3 is 14.6 Å². The van der Waals surface area contributed by atoms with E-state index < -0.39 is 11.4 Å². The first-order chi connectivity index (χ1) is 9.92. The zero-order valence-electron chi connectivity index (χ0n) is 12.6. The summed E-state index contributed by atoms with van der Waals surface area (Å²) in [5.41, 5.74) is -0.182.